The first-order valence-electron chi connectivity index (χ1n) is 6.30. The predicted molar refractivity (Wildman–Crippen MR) is 81.4 cm³/mol. The molecule has 0 saturated carbocycles. The van der Waals surface area contributed by atoms with Gasteiger partial charge in [0.05, 0.1) is 17.2 Å². The monoisotopic (exact) mass is 266 g/mol. The second-order valence-electron chi connectivity index (χ2n) is 4.46. The Labute approximate surface area is 118 Å². The van der Waals surface area contributed by atoms with E-state index in [-0.39, 0.29) is 0 Å². The third kappa shape index (κ3) is 2.56. The summed E-state index contributed by atoms with van der Waals surface area (Å²) in [6.45, 7) is 0.737. The van der Waals surface area contributed by atoms with Crippen LogP contribution in [0.1, 0.15) is 17.7 Å². The van der Waals surface area contributed by atoms with Crippen LogP contribution < -0.4 is 0 Å². The van der Waals surface area contributed by atoms with Gasteiger partial charge in [-0.05, 0) is 17.7 Å². The summed E-state index contributed by atoms with van der Waals surface area (Å²) in [6, 6.07) is 16.3. The Morgan fingerprint density at radius 2 is 1.84 bits per heavy atom. The van der Waals surface area contributed by atoms with Crippen LogP contribution in [0.15, 0.2) is 60.8 Å². The van der Waals surface area contributed by atoms with Gasteiger partial charge in [-0.3, -0.25) is 4.98 Å². The van der Waals surface area contributed by atoms with E-state index in [0.717, 1.165) is 23.6 Å². The minimum absolute atomic E-state index is 0.737. The summed E-state index contributed by atoms with van der Waals surface area (Å²) in [7, 11) is 0. The second-order valence-corrected chi connectivity index (χ2v) is 4.93. The van der Waals surface area contributed by atoms with E-state index in [1.165, 1.54) is 11.3 Å². The van der Waals surface area contributed by atoms with Gasteiger partial charge < -0.3 is 4.90 Å². The minimum Gasteiger partial charge on any atom is -0.329 e. The molecule has 0 fully saturated rings. The van der Waals surface area contributed by atoms with Crippen molar-refractivity contribution in [2.24, 2.45) is 0 Å². The van der Waals surface area contributed by atoms with E-state index in [0.29, 0.717) is 0 Å². The maximum absolute atomic E-state index is 5.46. The zero-order chi connectivity index (χ0) is 13.1. The van der Waals surface area contributed by atoms with Crippen molar-refractivity contribution in [2.75, 3.05) is 0 Å². The average molecular weight is 266 g/mol. The first-order valence-corrected chi connectivity index (χ1v) is 6.71. The molecule has 94 valence electrons. The topological polar surface area (TPSA) is 16.1 Å². The molecule has 0 amide bonds. The molecule has 0 aliphatic carbocycles. The van der Waals surface area contributed by atoms with Crippen LogP contribution >= 0.6 is 12.2 Å². The maximum Gasteiger partial charge on any atom is 0.0866 e. The lowest BCUT2D eigenvalue weighted by molar-refractivity contribution is 0.581. The van der Waals surface area contributed by atoms with Crippen molar-refractivity contribution >= 4 is 22.9 Å². The number of hydrogen-bond donors (Lipinski definition) is 0. The van der Waals surface area contributed by atoms with Gasteiger partial charge in [-0.15, -0.1) is 0 Å². The summed E-state index contributed by atoms with van der Waals surface area (Å²) < 4.78 is 0. The van der Waals surface area contributed by atoms with Crippen LogP contribution in [0.3, 0.4) is 0 Å². The van der Waals surface area contributed by atoms with Crippen LogP contribution in [0.4, 0.5) is 0 Å². The van der Waals surface area contributed by atoms with Crippen molar-refractivity contribution in [1.29, 1.82) is 0 Å². The lowest BCUT2D eigenvalue weighted by Crippen LogP contribution is -2.23. The summed E-state index contributed by atoms with van der Waals surface area (Å²) in [6.07, 6.45) is 4.85. The maximum atomic E-state index is 5.46. The number of thiocarbonyl (C=S) groups is 1. The third-order valence-corrected chi connectivity index (χ3v) is 3.56. The Hall–Kier alpha value is -2.00. The van der Waals surface area contributed by atoms with Gasteiger partial charge in [0.25, 0.3) is 0 Å². The van der Waals surface area contributed by atoms with Crippen LogP contribution in [-0.2, 0) is 6.54 Å². The summed E-state index contributed by atoms with van der Waals surface area (Å²) in [5.74, 6) is 0. The molecule has 0 bridgehead atoms. The van der Waals surface area contributed by atoms with Gasteiger partial charge in [-0.1, -0.05) is 54.7 Å². The fourth-order valence-corrected chi connectivity index (χ4v) is 2.49. The van der Waals surface area contributed by atoms with Crippen molar-refractivity contribution in [2.45, 2.75) is 13.0 Å². The summed E-state index contributed by atoms with van der Waals surface area (Å²) in [4.78, 5) is 7.51. The molecule has 1 aliphatic rings. The lowest BCUT2D eigenvalue weighted by Gasteiger charge is -2.22. The molecule has 2 nitrogen and oxygen atoms in total. The SMILES string of the molecule is S=C1CC=C(c2ccccc2)N1Cc1ccccn1. The molecule has 1 aromatic heterocycles. The van der Waals surface area contributed by atoms with Crippen LogP contribution in [0.2, 0.25) is 0 Å². The molecule has 1 aromatic carbocycles. The van der Waals surface area contributed by atoms with Gasteiger partial charge >= 0.3 is 0 Å². The van der Waals surface area contributed by atoms with Crippen molar-refractivity contribution in [3.05, 3.63) is 72.1 Å². The normalized spacial score (nSPS) is 14.6. The Bertz CT molecular complexity index is 605. The smallest absolute Gasteiger partial charge is 0.0866 e. The molecule has 3 rings (SSSR count). The van der Waals surface area contributed by atoms with E-state index in [4.69, 9.17) is 12.2 Å². The fraction of sp³-hybridized carbons (Fsp3) is 0.125. The fourth-order valence-electron chi connectivity index (χ4n) is 2.25. The average Bonchev–Trinajstić information content (AvgIpc) is 2.82. The molecule has 0 N–H and O–H groups in total. The van der Waals surface area contributed by atoms with Gasteiger partial charge in [0.15, 0.2) is 0 Å². The molecule has 1 aliphatic heterocycles. The van der Waals surface area contributed by atoms with E-state index in [1.807, 2.05) is 30.5 Å². The van der Waals surface area contributed by atoms with Gasteiger partial charge in [-0.2, -0.15) is 0 Å². The van der Waals surface area contributed by atoms with Gasteiger partial charge in [0, 0.05) is 18.3 Å². The molecule has 3 heteroatoms. The van der Waals surface area contributed by atoms with Gasteiger partial charge in [-0.25, -0.2) is 0 Å². The van der Waals surface area contributed by atoms with Crippen LogP contribution in [0.25, 0.3) is 5.70 Å². The van der Waals surface area contributed by atoms with Crippen LogP contribution in [0.5, 0.6) is 0 Å². The summed E-state index contributed by atoms with van der Waals surface area (Å²) in [5, 5.41) is 0. The van der Waals surface area contributed by atoms with Gasteiger partial charge in [0.1, 0.15) is 0 Å². The standard InChI is InChI=1S/C16H14N2S/c19-16-10-9-15(13-6-2-1-3-7-13)18(16)12-14-8-4-5-11-17-14/h1-9,11H,10,12H2. The zero-order valence-electron chi connectivity index (χ0n) is 10.5. The second kappa shape index (κ2) is 5.33. The van der Waals surface area contributed by atoms with E-state index < -0.39 is 0 Å². The van der Waals surface area contributed by atoms with E-state index in [2.05, 4.69) is 40.2 Å². The molecule has 0 unspecified atom stereocenters. The molecule has 2 heterocycles. The highest BCUT2D eigenvalue weighted by Gasteiger charge is 2.21. The van der Waals surface area contributed by atoms with Crippen molar-refractivity contribution in [3.63, 3.8) is 0 Å². The summed E-state index contributed by atoms with van der Waals surface area (Å²) in [5.41, 5.74) is 3.43. The predicted octanol–water partition coefficient (Wildman–Crippen LogP) is 3.66. The Kier molecular flexibility index (Phi) is 3.38. The number of rotatable bonds is 3. The van der Waals surface area contributed by atoms with Crippen molar-refractivity contribution in [3.8, 4) is 0 Å². The molecule has 19 heavy (non-hydrogen) atoms. The van der Waals surface area contributed by atoms with Gasteiger partial charge in [0.2, 0.25) is 0 Å². The molecule has 0 radical (unpaired) electrons. The molecule has 0 spiro atoms. The lowest BCUT2D eigenvalue weighted by atomic mass is 10.1. The third-order valence-electron chi connectivity index (χ3n) is 3.18. The number of aromatic nitrogens is 1. The molecular weight excluding hydrogens is 252 g/mol. The Morgan fingerprint density at radius 3 is 2.58 bits per heavy atom. The molecule has 2 aromatic rings. The molecule has 0 atom stereocenters. The number of hydrogen-bond acceptors (Lipinski definition) is 2. The molecular formula is C16H14N2S. The van der Waals surface area contributed by atoms with Crippen molar-refractivity contribution in [1.82, 2.24) is 9.88 Å². The molecule has 0 saturated heterocycles. The van der Waals surface area contributed by atoms with Crippen LogP contribution in [0, 0.1) is 0 Å². The number of pyridine rings is 1. The quantitative estimate of drug-likeness (QED) is 0.789. The summed E-state index contributed by atoms with van der Waals surface area (Å²) >= 11 is 5.46. The Balaban J connectivity index is 1.87. The highest BCUT2D eigenvalue weighted by molar-refractivity contribution is 7.80. The first kappa shape index (κ1) is 12.1. The van der Waals surface area contributed by atoms with Crippen LogP contribution in [-0.4, -0.2) is 14.9 Å². The van der Waals surface area contributed by atoms with E-state index in [9.17, 15) is 0 Å². The number of nitrogens with zero attached hydrogens (tertiary/aromatic N) is 2. The van der Waals surface area contributed by atoms with Crippen molar-refractivity contribution < 1.29 is 0 Å². The largest absolute Gasteiger partial charge is 0.329 e. The van der Waals surface area contributed by atoms with E-state index in [1.54, 1.807) is 0 Å². The zero-order valence-corrected chi connectivity index (χ0v) is 11.3. The minimum atomic E-state index is 0.737. The number of benzene rings is 1. The first-order chi connectivity index (χ1) is 9.34. The highest BCUT2D eigenvalue weighted by Crippen LogP contribution is 2.28. The highest BCUT2D eigenvalue weighted by atomic mass is 32.1. The van der Waals surface area contributed by atoms with E-state index >= 15 is 0 Å². The Morgan fingerprint density at radius 1 is 1.05 bits per heavy atom.